The molecule has 1 amide bonds. The largest absolute Gasteiger partial charge is 0.381 e. The molecule has 0 aromatic rings. The summed E-state index contributed by atoms with van der Waals surface area (Å²) in [7, 11) is 0. The van der Waals surface area contributed by atoms with Crippen LogP contribution in [0.2, 0.25) is 0 Å². The molecule has 1 atom stereocenters. The van der Waals surface area contributed by atoms with Crippen molar-refractivity contribution >= 4 is 5.91 Å². The number of nitrogens with one attached hydrogen (secondary N) is 1. The summed E-state index contributed by atoms with van der Waals surface area (Å²) < 4.78 is 5.38. The molecule has 5 heteroatoms. The van der Waals surface area contributed by atoms with Crippen LogP contribution in [-0.4, -0.2) is 56.2 Å². The molecule has 5 nitrogen and oxygen atoms in total. The van der Waals surface area contributed by atoms with E-state index in [1.807, 2.05) is 0 Å². The van der Waals surface area contributed by atoms with Crippen LogP contribution in [0.4, 0.5) is 0 Å². The zero-order valence-corrected chi connectivity index (χ0v) is 13.6. The van der Waals surface area contributed by atoms with E-state index in [1.165, 1.54) is 12.8 Å². The number of hydrogen-bond acceptors (Lipinski definition) is 4. The maximum Gasteiger partial charge on any atom is 0.227 e. The predicted molar refractivity (Wildman–Crippen MR) is 84.0 cm³/mol. The van der Waals surface area contributed by atoms with E-state index in [4.69, 9.17) is 10.5 Å². The number of amides is 1. The molecule has 0 saturated carbocycles. The van der Waals surface area contributed by atoms with Gasteiger partial charge in [-0.15, -0.1) is 0 Å². The molecule has 1 unspecified atom stereocenters. The van der Waals surface area contributed by atoms with Crippen molar-refractivity contribution in [3.63, 3.8) is 0 Å². The van der Waals surface area contributed by atoms with Crippen molar-refractivity contribution < 1.29 is 9.53 Å². The lowest BCUT2D eigenvalue weighted by Crippen LogP contribution is -2.53. The second-order valence-corrected chi connectivity index (χ2v) is 6.86. The highest BCUT2D eigenvalue weighted by Crippen LogP contribution is 2.29. The molecule has 0 aromatic heterocycles. The van der Waals surface area contributed by atoms with Crippen LogP contribution in [-0.2, 0) is 9.53 Å². The molecular weight excluding hydrogens is 266 g/mol. The van der Waals surface area contributed by atoms with Crippen LogP contribution in [0, 0.1) is 11.3 Å². The highest BCUT2D eigenvalue weighted by molar-refractivity contribution is 5.83. The molecule has 2 saturated heterocycles. The molecule has 0 bridgehead atoms. The highest BCUT2D eigenvalue weighted by atomic mass is 16.5. The molecule has 21 heavy (non-hydrogen) atoms. The fourth-order valence-electron chi connectivity index (χ4n) is 3.53. The highest BCUT2D eigenvalue weighted by Gasteiger charge is 2.39. The summed E-state index contributed by atoms with van der Waals surface area (Å²) in [6, 6.07) is 0.436. The second-order valence-electron chi connectivity index (χ2n) is 6.86. The van der Waals surface area contributed by atoms with Gasteiger partial charge >= 0.3 is 0 Å². The van der Waals surface area contributed by atoms with Gasteiger partial charge in [-0.1, -0.05) is 13.8 Å². The van der Waals surface area contributed by atoms with E-state index >= 15 is 0 Å². The van der Waals surface area contributed by atoms with Gasteiger partial charge in [0.1, 0.15) is 0 Å². The first-order valence-corrected chi connectivity index (χ1v) is 8.39. The molecule has 0 spiro atoms. The third-order valence-electron chi connectivity index (χ3n) is 5.17. The predicted octanol–water partition coefficient (Wildman–Crippen LogP) is 0.979. The monoisotopic (exact) mass is 297 g/mol. The number of nitrogens with two attached hydrogens (primary N) is 1. The molecule has 0 radical (unpaired) electrons. The third kappa shape index (κ3) is 3.96. The van der Waals surface area contributed by atoms with Crippen molar-refractivity contribution in [3.8, 4) is 0 Å². The van der Waals surface area contributed by atoms with Crippen molar-refractivity contribution in [1.29, 1.82) is 0 Å². The van der Waals surface area contributed by atoms with Gasteiger partial charge in [-0.05, 0) is 44.7 Å². The Balaban J connectivity index is 1.91. The van der Waals surface area contributed by atoms with E-state index in [-0.39, 0.29) is 5.91 Å². The summed E-state index contributed by atoms with van der Waals surface area (Å²) in [6.07, 6.45) is 4.04. The minimum Gasteiger partial charge on any atom is -0.381 e. The lowest BCUT2D eigenvalue weighted by Gasteiger charge is -2.36. The number of carbonyl (C=O) groups is 1. The van der Waals surface area contributed by atoms with Crippen LogP contribution in [0.1, 0.15) is 39.5 Å². The Kier molecular flexibility index (Phi) is 6.02. The van der Waals surface area contributed by atoms with Crippen molar-refractivity contribution in [2.24, 2.45) is 17.1 Å². The quantitative estimate of drug-likeness (QED) is 0.767. The molecular formula is C16H31N3O2. The molecule has 2 rings (SSSR count). The minimum absolute atomic E-state index is 0.123. The molecule has 122 valence electrons. The number of rotatable bonds is 6. The standard InChI is InChI=1S/C16H31N3O2/c1-13(2)14(19-7-3-4-8-19)11-18-15(20)16(12-17)5-9-21-10-6-16/h13-14H,3-12,17H2,1-2H3,(H,18,20). The van der Waals surface area contributed by atoms with E-state index in [1.54, 1.807) is 0 Å². The lowest BCUT2D eigenvalue weighted by molar-refractivity contribution is -0.136. The van der Waals surface area contributed by atoms with Crippen LogP contribution in [0.5, 0.6) is 0 Å². The Labute approximate surface area is 128 Å². The topological polar surface area (TPSA) is 67.6 Å². The summed E-state index contributed by atoms with van der Waals surface area (Å²) >= 11 is 0. The Morgan fingerprint density at radius 2 is 1.90 bits per heavy atom. The van der Waals surface area contributed by atoms with Gasteiger partial charge < -0.3 is 15.8 Å². The van der Waals surface area contributed by atoms with Crippen molar-refractivity contribution in [2.75, 3.05) is 39.4 Å². The SMILES string of the molecule is CC(C)C(CNC(=O)C1(CN)CCOCC1)N1CCCC1. The van der Waals surface area contributed by atoms with E-state index in [9.17, 15) is 4.79 Å². The summed E-state index contributed by atoms with van der Waals surface area (Å²) in [6.45, 7) is 9.24. The summed E-state index contributed by atoms with van der Waals surface area (Å²) in [4.78, 5) is 15.1. The van der Waals surface area contributed by atoms with Crippen LogP contribution in [0.15, 0.2) is 0 Å². The van der Waals surface area contributed by atoms with E-state index in [2.05, 4.69) is 24.1 Å². The maximum atomic E-state index is 12.6. The Morgan fingerprint density at radius 1 is 1.29 bits per heavy atom. The molecule has 2 fully saturated rings. The third-order valence-corrected chi connectivity index (χ3v) is 5.17. The Bertz CT molecular complexity index is 334. The fourth-order valence-corrected chi connectivity index (χ4v) is 3.53. The molecule has 3 N–H and O–H groups in total. The van der Waals surface area contributed by atoms with Gasteiger partial charge in [0.25, 0.3) is 0 Å². The fraction of sp³-hybridized carbons (Fsp3) is 0.938. The zero-order valence-electron chi connectivity index (χ0n) is 13.6. The number of ether oxygens (including phenoxy) is 1. The lowest BCUT2D eigenvalue weighted by atomic mass is 9.79. The van der Waals surface area contributed by atoms with Gasteiger partial charge in [0.15, 0.2) is 0 Å². The first kappa shape index (κ1) is 16.7. The van der Waals surface area contributed by atoms with Crippen molar-refractivity contribution in [3.05, 3.63) is 0 Å². The van der Waals surface area contributed by atoms with Crippen molar-refractivity contribution in [2.45, 2.75) is 45.6 Å². The van der Waals surface area contributed by atoms with Crippen LogP contribution in [0.25, 0.3) is 0 Å². The summed E-state index contributed by atoms with van der Waals surface area (Å²) in [5.41, 5.74) is 5.49. The van der Waals surface area contributed by atoms with Gasteiger partial charge in [0.2, 0.25) is 5.91 Å². The van der Waals surface area contributed by atoms with E-state index < -0.39 is 5.41 Å². The number of hydrogen-bond donors (Lipinski definition) is 2. The van der Waals surface area contributed by atoms with Gasteiger partial charge in [-0.2, -0.15) is 0 Å². The number of nitrogens with zero attached hydrogens (tertiary/aromatic N) is 1. The first-order valence-electron chi connectivity index (χ1n) is 8.39. The van der Waals surface area contributed by atoms with E-state index in [0.717, 1.165) is 32.5 Å². The normalized spacial score (nSPS) is 24.2. The number of likely N-dealkylation sites (tertiary alicyclic amines) is 1. The molecule has 0 aromatic carbocycles. The van der Waals surface area contributed by atoms with Gasteiger partial charge in [-0.3, -0.25) is 9.69 Å². The van der Waals surface area contributed by atoms with Crippen molar-refractivity contribution in [1.82, 2.24) is 10.2 Å². The number of carbonyl (C=O) groups excluding carboxylic acids is 1. The summed E-state index contributed by atoms with van der Waals surface area (Å²) in [5, 5.41) is 3.19. The first-order chi connectivity index (χ1) is 10.1. The average molecular weight is 297 g/mol. The van der Waals surface area contributed by atoms with Crippen LogP contribution in [0.3, 0.4) is 0 Å². The average Bonchev–Trinajstić information content (AvgIpc) is 3.01. The van der Waals surface area contributed by atoms with Gasteiger partial charge in [-0.25, -0.2) is 0 Å². The van der Waals surface area contributed by atoms with E-state index in [0.29, 0.717) is 31.7 Å². The van der Waals surface area contributed by atoms with Gasteiger partial charge in [0.05, 0.1) is 5.41 Å². The second kappa shape index (κ2) is 7.56. The van der Waals surface area contributed by atoms with Gasteiger partial charge in [0, 0.05) is 32.3 Å². The van der Waals surface area contributed by atoms with Crippen LogP contribution >= 0.6 is 0 Å². The maximum absolute atomic E-state index is 12.6. The summed E-state index contributed by atoms with van der Waals surface area (Å²) in [5.74, 6) is 0.671. The molecule has 2 aliphatic rings. The molecule has 2 heterocycles. The smallest absolute Gasteiger partial charge is 0.227 e. The minimum atomic E-state index is -0.412. The Morgan fingerprint density at radius 3 is 2.43 bits per heavy atom. The Hall–Kier alpha value is -0.650. The molecule has 0 aliphatic carbocycles. The van der Waals surface area contributed by atoms with Crippen LogP contribution < -0.4 is 11.1 Å². The zero-order chi connectivity index (χ0) is 15.3. The molecule has 2 aliphatic heterocycles.